The molecule has 2 amide bonds. The average Bonchev–Trinajstić information content (AvgIpc) is 3.92. The first kappa shape index (κ1) is 48.8. The van der Waals surface area contributed by atoms with Crippen LogP contribution in [0.5, 0.6) is 34.5 Å². The summed E-state index contributed by atoms with van der Waals surface area (Å²) in [5.41, 5.74) is 6.77. The van der Waals surface area contributed by atoms with Gasteiger partial charge >= 0.3 is 0 Å². The molecule has 12 rings (SSSR count). The van der Waals surface area contributed by atoms with E-state index in [-0.39, 0.29) is 52.1 Å². The number of phenolic OH excluding ortho intramolecular Hbond substituents is 6. The number of carbonyl (C=O) groups excluding carboxylic acids is 3. The number of hydrogen-bond acceptors (Lipinski definition) is 10. The van der Waals surface area contributed by atoms with Crippen LogP contribution >= 0.6 is 0 Å². The molecule has 9 aromatic rings. The van der Waals surface area contributed by atoms with E-state index in [0.29, 0.717) is 11.1 Å². The SMILES string of the molecule is CN1C(=O)C(c2ccc(O)cc2)(c2ccc(O)cc2)c2ccccc21.CN1C(=O)c2ccccc2C1(c1ccc(O)cc1)c1ccc(O)cc1.CN1c2ccccc2C(=O)C1(c1ccc(O)cc1)c1ccc(O)cc1. The van der Waals surface area contributed by atoms with E-state index in [1.54, 1.807) is 145 Å². The first-order chi connectivity index (χ1) is 36.1. The molecule has 75 heavy (non-hydrogen) atoms. The largest absolute Gasteiger partial charge is 0.508 e. The second-order valence-corrected chi connectivity index (χ2v) is 18.6. The lowest BCUT2D eigenvalue weighted by atomic mass is 9.70. The highest BCUT2D eigenvalue weighted by molar-refractivity contribution is 6.16. The van der Waals surface area contributed by atoms with E-state index in [4.69, 9.17) is 0 Å². The molecule has 0 atom stereocenters. The molecule has 0 aromatic heterocycles. The predicted molar refractivity (Wildman–Crippen MR) is 287 cm³/mol. The number of Topliss-reactive ketones (excluding diaryl/α,β-unsaturated/α-hetero) is 1. The molecule has 3 aliphatic heterocycles. The summed E-state index contributed by atoms with van der Waals surface area (Å²) in [6.45, 7) is 0. The average molecular weight is 994 g/mol. The highest BCUT2D eigenvalue weighted by atomic mass is 16.3. The molecule has 0 unspecified atom stereocenters. The van der Waals surface area contributed by atoms with Crippen molar-refractivity contribution in [1.82, 2.24) is 4.90 Å². The van der Waals surface area contributed by atoms with Gasteiger partial charge in [0.1, 0.15) is 45.5 Å². The minimum atomic E-state index is -1.04. The number of phenols is 6. The summed E-state index contributed by atoms with van der Waals surface area (Å²) >= 11 is 0. The predicted octanol–water partition coefficient (Wildman–Crippen LogP) is 10.6. The molecular weight excluding hydrogens is 943 g/mol. The van der Waals surface area contributed by atoms with Gasteiger partial charge in [-0.3, -0.25) is 14.4 Å². The summed E-state index contributed by atoms with van der Waals surface area (Å²) in [4.78, 5) is 45.3. The van der Waals surface area contributed by atoms with E-state index in [1.807, 2.05) is 109 Å². The van der Waals surface area contributed by atoms with Crippen molar-refractivity contribution in [2.75, 3.05) is 30.9 Å². The van der Waals surface area contributed by atoms with Gasteiger partial charge in [-0.1, -0.05) is 121 Å². The zero-order valence-corrected chi connectivity index (χ0v) is 41.0. The topological polar surface area (TPSA) is 182 Å². The van der Waals surface area contributed by atoms with Gasteiger partial charge in [-0.05, 0) is 136 Å². The minimum Gasteiger partial charge on any atom is -0.508 e. The van der Waals surface area contributed by atoms with Crippen molar-refractivity contribution in [3.8, 4) is 34.5 Å². The van der Waals surface area contributed by atoms with Crippen LogP contribution < -0.4 is 9.80 Å². The van der Waals surface area contributed by atoms with Gasteiger partial charge < -0.3 is 45.3 Å². The maximum atomic E-state index is 13.5. The lowest BCUT2D eigenvalue weighted by Crippen LogP contribution is -2.46. The zero-order chi connectivity index (χ0) is 52.8. The number of benzene rings is 9. The number of amides is 2. The number of rotatable bonds is 6. The first-order valence-corrected chi connectivity index (χ1v) is 24.0. The molecule has 0 radical (unpaired) electrons. The quantitative estimate of drug-likeness (QED) is 0.0938. The fraction of sp³-hybridized carbons (Fsp3) is 0.0952. The van der Waals surface area contributed by atoms with E-state index in [9.17, 15) is 45.0 Å². The number of hydrogen-bond donors (Lipinski definition) is 6. The van der Waals surface area contributed by atoms with E-state index in [1.165, 1.54) is 0 Å². The highest BCUT2D eigenvalue weighted by Crippen LogP contribution is 2.52. The first-order valence-electron chi connectivity index (χ1n) is 24.0. The Morgan fingerprint density at radius 1 is 0.320 bits per heavy atom. The Morgan fingerprint density at radius 2 is 0.640 bits per heavy atom. The van der Waals surface area contributed by atoms with Crippen LogP contribution in [0.25, 0.3) is 0 Å². The number of carbonyl (C=O) groups is 3. The molecule has 3 heterocycles. The lowest BCUT2D eigenvalue weighted by molar-refractivity contribution is -0.120. The highest BCUT2D eigenvalue weighted by Gasteiger charge is 2.54. The van der Waals surface area contributed by atoms with E-state index in [0.717, 1.165) is 55.9 Å². The minimum absolute atomic E-state index is 0.0259. The van der Waals surface area contributed by atoms with Gasteiger partial charge in [0.2, 0.25) is 5.91 Å². The molecule has 12 heteroatoms. The fourth-order valence-electron chi connectivity index (χ4n) is 11.2. The summed E-state index contributed by atoms with van der Waals surface area (Å²) in [6.07, 6.45) is 0. The Kier molecular flexibility index (Phi) is 12.4. The number of anilines is 2. The third-order valence-corrected chi connectivity index (χ3v) is 14.7. The van der Waals surface area contributed by atoms with Crippen LogP contribution in [0.4, 0.5) is 11.4 Å². The maximum absolute atomic E-state index is 13.5. The Morgan fingerprint density at radius 3 is 1.04 bits per heavy atom. The summed E-state index contributed by atoms with van der Waals surface area (Å²) in [5, 5.41) is 58.1. The molecule has 12 nitrogen and oxygen atoms in total. The van der Waals surface area contributed by atoms with Crippen LogP contribution in [-0.4, -0.2) is 74.3 Å². The Hall–Kier alpha value is -9.81. The molecule has 0 fully saturated rings. The zero-order valence-electron chi connectivity index (χ0n) is 41.0. The molecule has 0 bridgehead atoms. The van der Waals surface area contributed by atoms with Crippen molar-refractivity contribution in [2.24, 2.45) is 0 Å². The third kappa shape index (κ3) is 7.73. The summed E-state index contributed by atoms with van der Waals surface area (Å²) < 4.78 is 0. The molecule has 372 valence electrons. The van der Waals surface area contributed by atoms with E-state index in [2.05, 4.69) is 0 Å². The van der Waals surface area contributed by atoms with Gasteiger partial charge in [0.15, 0.2) is 11.3 Å². The molecule has 3 aliphatic rings. The lowest BCUT2D eigenvalue weighted by Gasteiger charge is -2.38. The van der Waals surface area contributed by atoms with Crippen molar-refractivity contribution in [2.45, 2.75) is 16.5 Å². The Balaban J connectivity index is 0.000000128. The van der Waals surface area contributed by atoms with Crippen molar-refractivity contribution in [3.63, 3.8) is 0 Å². The standard InChI is InChI=1S/3C21H17NO3/c1-22-19-5-3-2-4-18(19)21(20(22)25,14-6-10-16(23)11-7-14)15-8-12-17(24)13-9-15;1-22-19-5-3-2-4-18(19)20(25)21(22,14-6-10-16(23)11-7-14)15-8-12-17(24)13-9-15;1-22-20(25)18-4-2-3-5-19(18)21(22,14-6-10-16(23)11-7-14)15-8-12-17(24)13-9-15/h3*2-13,23-24H,1H3. The van der Waals surface area contributed by atoms with Gasteiger partial charge in [-0.15, -0.1) is 0 Å². The summed E-state index contributed by atoms with van der Waals surface area (Å²) in [5.74, 6) is 0.789. The van der Waals surface area contributed by atoms with Crippen LogP contribution in [0.1, 0.15) is 65.2 Å². The number of likely N-dealkylation sites (N-methyl/N-ethyl adjacent to an activating group) is 2. The smallest absolute Gasteiger partial charge is 0.255 e. The third-order valence-electron chi connectivity index (χ3n) is 14.7. The number of nitrogens with zero attached hydrogens (tertiary/aromatic N) is 3. The second kappa shape index (κ2) is 19.0. The number of ketones is 1. The van der Waals surface area contributed by atoms with Crippen LogP contribution in [0, 0.1) is 0 Å². The fourth-order valence-corrected chi connectivity index (χ4v) is 11.2. The van der Waals surface area contributed by atoms with Crippen molar-refractivity contribution >= 4 is 29.0 Å². The summed E-state index contributed by atoms with van der Waals surface area (Å²) in [7, 11) is 5.44. The molecule has 0 aliphatic carbocycles. The number of para-hydroxylation sites is 2. The van der Waals surface area contributed by atoms with Gasteiger partial charge in [0.25, 0.3) is 5.91 Å². The monoisotopic (exact) mass is 993 g/mol. The Bertz CT molecular complexity index is 3460. The van der Waals surface area contributed by atoms with E-state index >= 15 is 0 Å². The van der Waals surface area contributed by atoms with Gasteiger partial charge in [-0.25, -0.2) is 0 Å². The molecule has 0 saturated heterocycles. The molecule has 6 N–H and O–H groups in total. The van der Waals surface area contributed by atoms with Crippen LogP contribution in [-0.2, 0) is 21.3 Å². The molecule has 0 spiro atoms. The Labute approximate surface area is 433 Å². The van der Waals surface area contributed by atoms with Gasteiger partial charge in [-0.2, -0.15) is 0 Å². The molecule has 9 aromatic carbocycles. The second-order valence-electron chi connectivity index (χ2n) is 18.6. The number of aromatic hydroxyl groups is 6. The molecule has 0 saturated carbocycles. The van der Waals surface area contributed by atoms with Crippen LogP contribution in [0.2, 0.25) is 0 Å². The normalized spacial score (nSPS) is 15.2. The van der Waals surface area contributed by atoms with E-state index < -0.39 is 16.5 Å². The van der Waals surface area contributed by atoms with Crippen LogP contribution in [0.3, 0.4) is 0 Å². The summed E-state index contributed by atoms with van der Waals surface area (Å²) in [6, 6.07) is 63.4. The van der Waals surface area contributed by atoms with Crippen molar-refractivity contribution in [1.29, 1.82) is 0 Å². The van der Waals surface area contributed by atoms with Gasteiger partial charge in [0.05, 0.1) is 0 Å². The molecular formula is C63H51N3O9. The van der Waals surface area contributed by atoms with Crippen LogP contribution in [0.15, 0.2) is 218 Å². The van der Waals surface area contributed by atoms with Crippen molar-refractivity contribution in [3.05, 3.63) is 274 Å². The maximum Gasteiger partial charge on any atom is 0.255 e. The number of fused-ring (bicyclic) bond motifs is 3. The van der Waals surface area contributed by atoms with Gasteiger partial charge in [0, 0.05) is 49.2 Å². The van der Waals surface area contributed by atoms with Crippen molar-refractivity contribution < 1.29 is 45.0 Å².